The van der Waals surface area contributed by atoms with E-state index in [0.29, 0.717) is 41.7 Å². The van der Waals surface area contributed by atoms with E-state index in [0.717, 1.165) is 11.3 Å². The molecule has 1 amide bonds. The molecule has 2 aromatic carbocycles. The van der Waals surface area contributed by atoms with Gasteiger partial charge in [-0.25, -0.2) is 0 Å². The summed E-state index contributed by atoms with van der Waals surface area (Å²) in [6.45, 7) is 5.29. The molecule has 4 rings (SSSR count). The maximum absolute atomic E-state index is 13.4. The molecule has 0 saturated carbocycles. The van der Waals surface area contributed by atoms with Gasteiger partial charge in [0.25, 0.3) is 11.6 Å². The molecule has 0 unspecified atom stereocenters. The van der Waals surface area contributed by atoms with Crippen LogP contribution in [0.5, 0.6) is 0 Å². The molecule has 3 aromatic rings. The van der Waals surface area contributed by atoms with Gasteiger partial charge in [0.05, 0.1) is 15.6 Å². The van der Waals surface area contributed by atoms with Gasteiger partial charge in [-0.3, -0.25) is 14.9 Å². The summed E-state index contributed by atoms with van der Waals surface area (Å²) < 4.78 is 5.35. The minimum absolute atomic E-state index is 0.0491. The zero-order valence-corrected chi connectivity index (χ0v) is 17.9. The van der Waals surface area contributed by atoms with Crippen molar-refractivity contribution >= 4 is 28.9 Å². The highest BCUT2D eigenvalue weighted by atomic mass is 35.5. The smallest absolute Gasteiger partial charge is 0.271 e. The van der Waals surface area contributed by atoms with Gasteiger partial charge in [0.1, 0.15) is 17.0 Å². The zero-order chi connectivity index (χ0) is 22.1. The van der Waals surface area contributed by atoms with Crippen LogP contribution in [0.15, 0.2) is 53.1 Å². The van der Waals surface area contributed by atoms with E-state index in [1.165, 1.54) is 12.1 Å². The number of carbonyl (C=O) groups excluding carboxylic acids is 1. The normalized spacial score (nSPS) is 16.4. The SMILES string of the molecule is Cc1onc(-c2ccccc2)c1C(=O)N1CCN(c2ccc([N+](=O)[O-])cc2Cl)C[C@@H]1C. The van der Waals surface area contributed by atoms with Crippen LogP contribution in [0.1, 0.15) is 23.0 Å². The number of anilines is 1. The van der Waals surface area contributed by atoms with Crippen LogP contribution in [0.3, 0.4) is 0 Å². The fourth-order valence-electron chi connectivity index (χ4n) is 3.90. The lowest BCUT2D eigenvalue weighted by molar-refractivity contribution is -0.384. The molecule has 1 saturated heterocycles. The maximum atomic E-state index is 13.4. The summed E-state index contributed by atoms with van der Waals surface area (Å²) in [4.78, 5) is 27.8. The molecule has 8 nitrogen and oxygen atoms in total. The third-order valence-electron chi connectivity index (χ3n) is 5.49. The Bertz CT molecular complexity index is 1130. The number of piperazine rings is 1. The van der Waals surface area contributed by atoms with Gasteiger partial charge in [-0.2, -0.15) is 0 Å². The van der Waals surface area contributed by atoms with Crippen molar-refractivity contribution in [2.45, 2.75) is 19.9 Å². The fourth-order valence-corrected chi connectivity index (χ4v) is 4.20. The summed E-state index contributed by atoms with van der Waals surface area (Å²) in [5, 5.41) is 15.4. The van der Waals surface area contributed by atoms with Crippen LogP contribution in [-0.2, 0) is 0 Å². The summed E-state index contributed by atoms with van der Waals surface area (Å²) in [7, 11) is 0. The molecule has 0 N–H and O–H groups in total. The lowest BCUT2D eigenvalue weighted by Gasteiger charge is -2.41. The first kappa shape index (κ1) is 20.9. The summed E-state index contributed by atoms with van der Waals surface area (Å²) >= 11 is 6.30. The Morgan fingerprint density at radius 3 is 2.61 bits per heavy atom. The van der Waals surface area contributed by atoms with Crippen molar-refractivity contribution in [2.24, 2.45) is 0 Å². The predicted molar refractivity (Wildman–Crippen MR) is 117 cm³/mol. The van der Waals surface area contributed by atoms with Gasteiger partial charge in [-0.15, -0.1) is 0 Å². The molecule has 0 aliphatic carbocycles. The molecular formula is C22H21ClN4O4. The Hall–Kier alpha value is -3.39. The molecule has 2 heterocycles. The van der Waals surface area contributed by atoms with Crippen molar-refractivity contribution in [2.75, 3.05) is 24.5 Å². The van der Waals surface area contributed by atoms with Gasteiger partial charge in [0, 0.05) is 43.4 Å². The van der Waals surface area contributed by atoms with Crippen LogP contribution in [0.2, 0.25) is 5.02 Å². The van der Waals surface area contributed by atoms with Gasteiger partial charge in [0.15, 0.2) is 0 Å². The van der Waals surface area contributed by atoms with Crippen molar-refractivity contribution in [3.05, 3.63) is 75.0 Å². The number of amides is 1. The molecule has 1 aliphatic heterocycles. The second kappa shape index (κ2) is 8.39. The highest BCUT2D eigenvalue weighted by Gasteiger charge is 2.33. The lowest BCUT2D eigenvalue weighted by Crippen LogP contribution is -2.54. The van der Waals surface area contributed by atoms with Crippen LogP contribution in [0.25, 0.3) is 11.3 Å². The molecule has 160 valence electrons. The number of non-ortho nitro benzene ring substituents is 1. The number of aryl methyl sites for hydroxylation is 1. The van der Waals surface area contributed by atoms with E-state index in [2.05, 4.69) is 5.16 Å². The van der Waals surface area contributed by atoms with Gasteiger partial charge in [-0.05, 0) is 19.9 Å². The number of rotatable bonds is 4. The van der Waals surface area contributed by atoms with E-state index >= 15 is 0 Å². The Morgan fingerprint density at radius 2 is 1.97 bits per heavy atom. The molecule has 0 radical (unpaired) electrons. The molecule has 1 atom stereocenters. The Kier molecular flexibility index (Phi) is 5.65. The van der Waals surface area contributed by atoms with Crippen LogP contribution in [-0.4, -0.2) is 46.6 Å². The van der Waals surface area contributed by atoms with Crippen LogP contribution >= 0.6 is 11.6 Å². The molecule has 1 aromatic heterocycles. The molecule has 0 spiro atoms. The monoisotopic (exact) mass is 440 g/mol. The van der Waals surface area contributed by atoms with E-state index in [1.807, 2.05) is 47.1 Å². The van der Waals surface area contributed by atoms with E-state index < -0.39 is 4.92 Å². The number of nitrogens with zero attached hydrogens (tertiary/aromatic N) is 4. The van der Waals surface area contributed by atoms with Crippen LogP contribution < -0.4 is 4.90 Å². The lowest BCUT2D eigenvalue weighted by atomic mass is 10.0. The van der Waals surface area contributed by atoms with Crippen molar-refractivity contribution in [3.8, 4) is 11.3 Å². The summed E-state index contributed by atoms with van der Waals surface area (Å²) in [6.07, 6.45) is 0. The van der Waals surface area contributed by atoms with E-state index in [9.17, 15) is 14.9 Å². The quantitative estimate of drug-likeness (QED) is 0.436. The van der Waals surface area contributed by atoms with Crippen molar-refractivity contribution in [1.29, 1.82) is 0 Å². The first-order chi connectivity index (χ1) is 14.9. The number of benzene rings is 2. The fraction of sp³-hybridized carbons (Fsp3) is 0.273. The largest absolute Gasteiger partial charge is 0.366 e. The maximum Gasteiger partial charge on any atom is 0.271 e. The van der Waals surface area contributed by atoms with Crippen molar-refractivity contribution < 1.29 is 14.2 Å². The van der Waals surface area contributed by atoms with Crippen LogP contribution in [0, 0.1) is 17.0 Å². The second-order valence-corrected chi connectivity index (χ2v) is 7.92. The highest BCUT2D eigenvalue weighted by Crippen LogP contribution is 2.32. The first-order valence-corrected chi connectivity index (χ1v) is 10.3. The molecule has 0 bridgehead atoms. The number of aromatic nitrogens is 1. The minimum Gasteiger partial charge on any atom is -0.366 e. The molecule has 1 aliphatic rings. The van der Waals surface area contributed by atoms with Crippen molar-refractivity contribution in [3.63, 3.8) is 0 Å². The average molecular weight is 441 g/mol. The van der Waals surface area contributed by atoms with E-state index in [-0.39, 0.29) is 17.6 Å². The second-order valence-electron chi connectivity index (χ2n) is 7.51. The van der Waals surface area contributed by atoms with E-state index in [4.69, 9.17) is 16.1 Å². The average Bonchev–Trinajstić information content (AvgIpc) is 3.15. The molecular weight excluding hydrogens is 420 g/mol. The van der Waals surface area contributed by atoms with Gasteiger partial charge in [0.2, 0.25) is 0 Å². The molecule has 9 heteroatoms. The first-order valence-electron chi connectivity index (χ1n) is 9.88. The zero-order valence-electron chi connectivity index (χ0n) is 17.1. The molecule has 1 fully saturated rings. The van der Waals surface area contributed by atoms with E-state index in [1.54, 1.807) is 13.0 Å². The topological polar surface area (TPSA) is 92.7 Å². The number of nitro groups is 1. The van der Waals surface area contributed by atoms with Crippen molar-refractivity contribution in [1.82, 2.24) is 10.1 Å². The Morgan fingerprint density at radius 1 is 1.23 bits per heavy atom. The number of nitro benzene ring substituents is 1. The summed E-state index contributed by atoms with van der Waals surface area (Å²) in [5.74, 6) is 0.358. The Labute approximate surface area is 184 Å². The summed E-state index contributed by atoms with van der Waals surface area (Å²) in [5.41, 5.74) is 2.51. The molecule has 31 heavy (non-hydrogen) atoms. The third kappa shape index (κ3) is 3.98. The van der Waals surface area contributed by atoms with Gasteiger partial charge >= 0.3 is 0 Å². The standard InChI is InChI=1S/C22H21ClN4O4/c1-14-13-25(19-9-8-17(27(29)30)12-18(19)23)10-11-26(14)22(28)20-15(2)31-24-21(20)16-6-4-3-5-7-16/h3-9,12,14H,10-11,13H2,1-2H3/t14-/m0/s1. The third-order valence-corrected chi connectivity index (χ3v) is 5.80. The highest BCUT2D eigenvalue weighted by molar-refractivity contribution is 6.33. The van der Waals surface area contributed by atoms with Gasteiger partial charge < -0.3 is 14.3 Å². The number of hydrogen-bond donors (Lipinski definition) is 0. The number of halogens is 1. The minimum atomic E-state index is -0.472. The van der Waals surface area contributed by atoms with Gasteiger partial charge in [-0.1, -0.05) is 47.1 Å². The Balaban J connectivity index is 1.55. The summed E-state index contributed by atoms with van der Waals surface area (Å²) in [6, 6.07) is 13.8. The van der Waals surface area contributed by atoms with Crippen LogP contribution in [0.4, 0.5) is 11.4 Å². The number of carbonyl (C=O) groups is 1. The number of hydrogen-bond acceptors (Lipinski definition) is 6. The predicted octanol–water partition coefficient (Wildman–Crippen LogP) is 4.56.